The summed E-state index contributed by atoms with van der Waals surface area (Å²) >= 11 is 6.10. The lowest BCUT2D eigenvalue weighted by Crippen LogP contribution is -2.48. The van der Waals surface area contributed by atoms with Crippen LogP contribution in [-0.2, 0) is 19.4 Å². The van der Waals surface area contributed by atoms with Crippen LogP contribution in [0.25, 0.3) is 5.69 Å². The normalized spacial score (nSPS) is 16.5. The first-order valence-corrected chi connectivity index (χ1v) is 12.6. The number of hydrogen-bond donors (Lipinski definition) is 1. The zero-order chi connectivity index (χ0) is 24.4. The molecule has 3 aromatic rings. The second kappa shape index (κ2) is 10.2. The third-order valence-corrected chi connectivity index (χ3v) is 7.26. The monoisotopic (exact) mass is 491 g/mol. The Morgan fingerprint density at radius 1 is 0.886 bits per heavy atom. The Morgan fingerprint density at radius 2 is 1.57 bits per heavy atom. The lowest BCUT2D eigenvalue weighted by Gasteiger charge is -2.34. The van der Waals surface area contributed by atoms with Crippen molar-refractivity contribution in [3.05, 3.63) is 81.6 Å². The van der Waals surface area contributed by atoms with Crippen molar-refractivity contribution in [3.8, 4) is 5.69 Å². The molecule has 182 valence electrons. The Kier molecular flexibility index (Phi) is 6.88. The lowest BCUT2D eigenvalue weighted by atomic mass is 10.1. The average Bonchev–Trinajstić information content (AvgIpc) is 3.05. The predicted molar refractivity (Wildman–Crippen MR) is 136 cm³/mol. The first-order chi connectivity index (χ1) is 17.0. The van der Waals surface area contributed by atoms with Gasteiger partial charge in [-0.25, -0.2) is 4.68 Å². The molecule has 1 aliphatic heterocycles. The molecule has 0 spiro atoms. The minimum absolute atomic E-state index is 0.0290. The largest absolute Gasteiger partial charge is 0.366 e. The van der Waals surface area contributed by atoms with Crippen molar-refractivity contribution in [2.24, 2.45) is 5.73 Å². The van der Waals surface area contributed by atoms with Crippen LogP contribution in [0.1, 0.15) is 56.9 Å². The number of halogens is 1. The first kappa shape index (κ1) is 23.6. The van der Waals surface area contributed by atoms with Crippen molar-refractivity contribution < 1.29 is 9.59 Å². The number of piperazine rings is 1. The summed E-state index contributed by atoms with van der Waals surface area (Å²) in [6.45, 7) is 3.70. The molecule has 5 rings (SSSR count). The summed E-state index contributed by atoms with van der Waals surface area (Å²) in [6, 6.07) is 15.1. The van der Waals surface area contributed by atoms with Gasteiger partial charge in [0, 0.05) is 54.6 Å². The molecule has 1 aliphatic carbocycles. The van der Waals surface area contributed by atoms with Gasteiger partial charge in [0.05, 0.1) is 5.69 Å². The summed E-state index contributed by atoms with van der Waals surface area (Å²) in [4.78, 5) is 29.2. The van der Waals surface area contributed by atoms with E-state index >= 15 is 0 Å². The number of aromatic nitrogens is 2. The zero-order valence-corrected chi connectivity index (χ0v) is 20.5. The molecule has 0 radical (unpaired) electrons. The average molecular weight is 492 g/mol. The first-order valence-electron chi connectivity index (χ1n) is 12.3. The number of carbonyl (C=O) groups is 2. The van der Waals surface area contributed by atoms with E-state index in [0.717, 1.165) is 67.8 Å². The number of nitrogens with two attached hydrogens (primary N) is 1. The highest BCUT2D eigenvalue weighted by Crippen LogP contribution is 2.28. The summed E-state index contributed by atoms with van der Waals surface area (Å²) in [5.74, 6) is -0.388. The number of fused-ring (bicyclic) bond motifs is 1. The van der Waals surface area contributed by atoms with Crippen LogP contribution in [0, 0.1) is 0 Å². The van der Waals surface area contributed by atoms with Crippen LogP contribution in [0.3, 0.4) is 0 Å². The SMILES string of the molecule is NC(=O)c1ccc(CN2CCN(C(=O)c3nn(-c4ccc(Cl)cc4)c4c3CCCCC4)CC2)cc1. The molecule has 0 unspecified atom stereocenters. The molecule has 35 heavy (non-hydrogen) atoms. The van der Waals surface area contributed by atoms with Gasteiger partial charge in [-0.15, -0.1) is 0 Å². The number of benzene rings is 2. The number of nitrogens with zero attached hydrogens (tertiary/aromatic N) is 4. The minimum atomic E-state index is -0.417. The van der Waals surface area contributed by atoms with Gasteiger partial charge >= 0.3 is 0 Å². The van der Waals surface area contributed by atoms with Crippen LogP contribution in [0.4, 0.5) is 0 Å². The quantitative estimate of drug-likeness (QED) is 0.549. The van der Waals surface area contributed by atoms with E-state index in [2.05, 4.69) is 4.90 Å². The standard InChI is InChI=1S/C27H30ClN5O2/c28-21-10-12-22(13-11-21)33-24-5-3-1-2-4-23(24)25(30-33)27(35)32-16-14-31(15-17-32)18-19-6-8-20(9-7-19)26(29)34/h6-13H,1-5,14-18H2,(H2,29,34). The molecule has 2 heterocycles. The summed E-state index contributed by atoms with van der Waals surface area (Å²) in [7, 11) is 0. The van der Waals surface area contributed by atoms with Crippen molar-refractivity contribution in [2.75, 3.05) is 26.2 Å². The molecule has 1 saturated heterocycles. The fraction of sp³-hybridized carbons (Fsp3) is 0.370. The van der Waals surface area contributed by atoms with E-state index < -0.39 is 5.91 Å². The molecule has 1 fully saturated rings. The van der Waals surface area contributed by atoms with Gasteiger partial charge in [0.15, 0.2) is 5.69 Å². The Labute approximate surface area is 210 Å². The number of rotatable bonds is 5. The van der Waals surface area contributed by atoms with Gasteiger partial charge in [-0.3, -0.25) is 14.5 Å². The topological polar surface area (TPSA) is 84.5 Å². The van der Waals surface area contributed by atoms with Gasteiger partial charge in [-0.2, -0.15) is 5.10 Å². The van der Waals surface area contributed by atoms with Gasteiger partial charge in [0.25, 0.3) is 5.91 Å². The van der Waals surface area contributed by atoms with E-state index in [1.807, 2.05) is 46.0 Å². The molecule has 0 atom stereocenters. The maximum absolute atomic E-state index is 13.6. The fourth-order valence-electron chi connectivity index (χ4n) is 5.03. The van der Waals surface area contributed by atoms with E-state index in [9.17, 15) is 9.59 Å². The van der Waals surface area contributed by atoms with Crippen molar-refractivity contribution in [3.63, 3.8) is 0 Å². The number of primary amides is 1. The van der Waals surface area contributed by atoms with E-state index in [1.54, 1.807) is 12.1 Å². The summed E-state index contributed by atoms with van der Waals surface area (Å²) in [6.07, 6.45) is 5.19. The highest BCUT2D eigenvalue weighted by atomic mass is 35.5. The van der Waals surface area contributed by atoms with Crippen LogP contribution in [0.5, 0.6) is 0 Å². The molecule has 2 aromatic carbocycles. The molecule has 8 heteroatoms. The Bertz CT molecular complexity index is 1210. The third-order valence-electron chi connectivity index (χ3n) is 7.01. The molecule has 2 aliphatic rings. The molecule has 1 aromatic heterocycles. The van der Waals surface area contributed by atoms with Crippen molar-refractivity contribution in [2.45, 2.75) is 38.6 Å². The maximum Gasteiger partial charge on any atom is 0.274 e. The number of carbonyl (C=O) groups excluding carboxylic acids is 2. The maximum atomic E-state index is 13.6. The second-order valence-electron chi connectivity index (χ2n) is 9.35. The summed E-state index contributed by atoms with van der Waals surface area (Å²) < 4.78 is 1.95. The summed E-state index contributed by atoms with van der Waals surface area (Å²) in [5.41, 5.74) is 10.8. The Balaban J connectivity index is 1.30. The lowest BCUT2D eigenvalue weighted by molar-refractivity contribution is 0.0621. The Morgan fingerprint density at radius 3 is 2.26 bits per heavy atom. The molecule has 0 saturated carbocycles. The van der Waals surface area contributed by atoms with Crippen molar-refractivity contribution >= 4 is 23.4 Å². The van der Waals surface area contributed by atoms with Gasteiger partial charge in [-0.1, -0.05) is 30.2 Å². The molecular formula is C27H30ClN5O2. The third kappa shape index (κ3) is 5.11. The highest BCUT2D eigenvalue weighted by Gasteiger charge is 2.29. The number of hydrogen-bond acceptors (Lipinski definition) is 4. The highest BCUT2D eigenvalue weighted by molar-refractivity contribution is 6.30. The van der Waals surface area contributed by atoms with Crippen LogP contribution >= 0.6 is 11.6 Å². The molecule has 7 nitrogen and oxygen atoms in total. The van der Waals surface area contributed by atoms with Gasteiger partial charge < -0.3 is 10.6 Å². The smallest absolute Gasteiger partial charge is 0.274 e. The zero-order valence-electron chi connectivity index (χ0n) is 19.8. The molecule has 2 amide bonds. The second-order valence-corrected chi connectivity index (χ2v) is 9.79. The van der Waals surface area contributed by atoms with Crippen LogP contribution in [0.2, 0.25) is 5.02 Å². The minimum Gasteiger partial charge on any atom is -0.366 e. The summed E-state index contributed by atoms with van der Waals surface area (Å²) in [5, 5.41) is 5.53. The Hall–Kier alpha value is -3.16. The van der Waals surface area contributed by atoms with Gasteiger partial charge in [-0.05, 0) is 67.6 Å². The fourth-order valence-corrected chi connectivity index (χ4v) is 5.16. The van der Waals surface area contributed by atoms with Crippen LogP contribution < -0.4 is 5.73 Å². The van der Waals surface area contributed by atoms with Gasteiger partial charge in [0.2, 0.25) is 5.91 Å². The van der Waals surface area contributed by atoms with E-state index in [0.29, 0.717) is 29.4 Å². The predicted octanol–water partition coefficient (Wildman–Crippen LogP) is 3.85. The van der Waals surface area contributed by atoms with Crippen molar-refractivity contribution in [1.29, 1.82) is 0 Å². The molecule has 2 N–H and O–H groups in total. The van der Waals surface area contributed by atoms with Gasteiger partial charge in [0.1, 0.15) is 0 Å². The number of amides is 2. The van der Waals surface area contributed by atoms with E-state index in [1.165, 1.54) is 6.42 Å². The van der Waals surface area contributed by atoms with Crippen LogP contribution in [-0.4, -0.2) is 57.6 Å². The van der Waals surface area contributed by atoms with Crippen molar-refractivity contribution in [1.82, 2.24) is 19.6 Å². The molecule has 0 bridgehead atoms. The van der Waals surface area contributed by atoms with Crippen LogP contribution in [0.15, 0.2) is 48.5 Å². The van der Waals surface area contributed by atoms with E-state index in [4.69, 9.17) is 22.4 Å². The molecular weight excluding hydrogens is 462 g/mol. The van der Waals surface area contributed by atoms with E-state index in [-0.39, 0.29) is 5.91 Å².